The van der Waals surface area contributed by atoms with Crippen LogP contribution in [0.25, 0.3) is 0 Å². The Morgan fingerprint density at radius 2 is 1.95 bits per heavy atom. The molecule has 4 nitrogen and oxygen atoms in total. The van der Waals surface area contributed by atoms with Crippen LogP contribution in [0.1, 0.15) is 18.2 Å². The Labute approximate surface area is 134 Å². The molecule has 0 aliphatic carbocycles. The third-order valence-electron chi connectivity index (χ3n) is 2.76. The number of nitrogens with one attached hydrogen (secondary N) is 2. The summed E-state index contributed by atoms with van der Waals surface area (Å²) in [7, 11) is -3.55. The van der Waals surface area contributed by atoms with Crippen LogP contribution >= 0.6 is 22.9 Å². The first kappa shape index (κ1) is 16.3. The SMILES string of the molecule is CCCNCc1cc(S(=O)(=O)Nc2ccc(Cl)cc2)cs1. The lowest BCUT2D eigenvalue weighted by atomic mass is 10.3. The van der Waals surface area contributed by atoms with E-state index >= 15 is 0 Å². The molecule has 2 rings (SSSR count). The van der Waals surface area contributed by atoms with Crippen LogP contribution in [-0.2, 0) is 16.6 Å². The largest absolute Gasteiger partial charge is 0.312 e. The molecule has 0 saturated heterocycles. The van der Waals surface area contributed by atoms with Crippen LogP contribution in [-0.4, -0.2) is 15.0 Å². The molecule has 0 aliphatic heterocycles. The number of sulfonamides is 1. The smallest absolute Gasteiger partial charge is 0.262 e. The van der Waals surface area contributed by atoms with Gasteiger partial charge in [0.25, 0.3) is 10.0 Å². The highest BCUT2D eigenvalue weighted by Gasteiger charge is 2.16. The van der Waals surface area contributed by atoms with Gasteiger partial charge in [-0.05, 0) is 43.3 Å². The van der Waals surface area contributed by atoms with Gasteiger partial charge in [0.05, 0.1) is 4.90 Å². The van der Waals surface area contributed by atoms with E-state index in [0.29, 0.717) is 17.3 Å². The average molecular weight is 345 g/mol. The van der Waals surface area contributed by atoms with E-state index in [0.717, 1.165) is 17.8 Å². The number of rotatable bonds is 7. The lowest BCUT2D eigenvalue weighted by molar-refractivity contribution is 0.601. The molecule has 0 radical (unpaired) electrons. The zero-order chi connectivity index (χ0) is 15.3. The Morgan fingerprint density at radius 3 is 2.62 bits per heavy atom. The van der Waals surface area contributed by atoms with Crippen LogP contribution in [0.3, 0.4) is 0 Å². The zero-order valence-corrected chi connectivity index (χ0v) is 14.0. The van der Waals surface area contributed by atoms with Gasteiger partial charge in [0.1, 0.15) is 0 Å². The molecular weight excluding hydrogens is 328 g/mol. The minimum absolute atomic E-state index is 0.288. The number of hydrogen-bond donors (Lipinski definition) is 2. The van der Waals surface area contributed by atoms with E-state index in [9.17, 15) is 8.42 Å². The van der Waals surface area contributed by atoms with Crippen molar-refractivity contribution in [2.45, 2.75) is 24.8 Å². The van der Waals surface area contributed by atoms with Crippen molar-refractivity contribution in [1.29, 1.82) is 0 Å². The molecule has 1 heterocycles. The fourth-order valence-corrected chi connectivity index (χ4v) is 4.14. The second-order valence-corrected chi connectivity index (χ2v) is 7.65. The van der Waals surface area contributed by atoms with Crippen molar-refractivity contribution >= 4 is 38.6 Å². The maximum Gasteiger partial charge on any atom is 0.262 e. The van der Waals surface area contributed by atoms with Crippen molar-refractivity contribution in [2.24, 2.45) is 0 Å². The zero-order valence-electron chi connectivity index (χ0n) is 11.6. The monoisotopic (exact) mass is 344 g/mol. The van der Waals surface area contributed by atoms with Crippen LogP contribution in [0.2, 0.25) is 5.02 Å². The standard InChI is InChI=1S/C14H17ClN2O2S2/c1-2-7-16-9-13-8-14(10-20-13)21(18,19)17-12-5-3-11(15)4-6-12/h3-6,8,10,16-17H,2,7,9H2,1H3. The summed E-state index contributed by atoms with van der Waals surface area (Å²) in [4.78, 5) is 1.29. The van der Waals surface area contributed by atoms with Gasteiger partial charge in [-0.1, -0.05) is 18.5 Å². The second kappa shape index (κ2) is 7.26. The molecule has 0 fully saturated rings. The number of hydrogen-bond acceptors (Lipinski definition) is 4. The highest BCUT2D eigenvalue weighted by atomic mass is 35.5. The van der Waals surface area contributed by atoms with Crippen LogP contribution in [0.5, 0.6) is 0 Å². The molecule has 2 N–H and O–H groups in total. The van der Waals surface area contributed by atoms with E-state index in [1.54, 1.807) is 35.7 Å². The van der Waals surface area contributed by atoms with Gasteiger partial charge in [-0.2, -0.15) is 0 Å². The van der Waals surface area contributed by atoms with Crippen molar-refractivity contribution in [3.8, 4) is 0 Å². The molecule has 0 bridgehead atoms. The van der Waals surface area contributed by atoms with Gasteiger partial charge >= 0.3 is 0 Å². The Hall–Kier alpha value is -1.08. The molecule has 0 aliphatic rings. The van der Waals surface area contributed by atoms with Crippen molar-refractivity contribution in [2.75, 3.05) is 11.3 Å². The van der Waals surface area contributed by atoms with E-state index in [1.165, 1.54) is 11.3 Å². The predicted octanol–water partition coefficient (Wildman–Crippen LogP) is 3.70. The Bertz CT molecular complexity index is 681. The quantitative estimate of drug-likeness (QED) is 0.753. The fraction of sp³-hybridized carbons (Fsp3) is 0.286. The van der Waals surface area contributed by atoms with Crippen LogP contribution in [0.15, 0.2) is 40.6 Å². The fourth-order valence-electron chi connectivity index (χ4n) is 1.71. The molecule has 0 spiro atoms. The first-order valence-corrected chi connectivity index (χ1v) is 9.32. The van der Waals surface area contributed by atoms with E-state index in [2.05, 4.69) is 17.0 Å². The molecule has 0 amide bonds. The molecule has 1 aromatic carbocycles. The summed E-state index contributed by atoms with van der Waals surface area (Å²) < 4.78 is 27.1. The molecule has 2 aromatic rings. The molecule has 1 aromatic heterocycles. The molecule has 0 unspecified atom stereocenters. The minimum atomic E-state index is -3.55. The lowest BCUT2D eigenvalue weighted by Gasteiger charge is -2.06. The van der Waals surface area contributed by atoms with E-state index < -0.39 is 10.0 Å². The van der Waals surface area contributed by atoms with Crippen LogP contribution in [0, 0.1) is 0 Å². The minimum Gasteiger partial charge on any atom is -0.312 e. The molecule has 0 atom stereocenters. The summed E-state index contributed by atoms with van der Waals surface area (Å²) in [6, 6.07) is 8.26. The third kappa shape index (κ3) is 4.71. The van der Waals surface area contributed by atoms with Crippen LogP contribution < -0.4 is 10.0 Å². The first-order valence-electron chi connectivity index (χ1n) is 6.58. The normalized spacial score (nSPS) is 11.5. The van der Waals surface area contributed by atoms with E-state index in [-0.39, 0.29) is 4.90 Å². The Morgan fingerprint density at radius 1 is 1.24 bits per heavy atom. The van der Waals surface area contributed by atoms with Gasteiger partial charge in [-0.3, -0.25) is 4.72 Å². The number of thiophene rings is 1. The number of anilines is 1. The molecule has 7 heteroatoms. The van der Waals surface area contributed by atoms with Gasteiger partial charge in [0.2, 0.25) is 0 Å². The maximum atomic E-state index is 12.3. The van der Waals surface area contributed by atoms with Crippen molar-refractivity contribution in [1.82, 2.24) is 5.32 Å². The maximum absolute atomic E-state index is 12.3. The second-order valence-electron chi connectivity index (χ2n) is 4.54. The molecule has 114 valence electrons. The summed E-state index contributed by atoms with van der Waals surface area (Å²) in [5.74, 6) is 0. The Kier molecular flexibility index (Phi) is 5.64. The molecular formula is C14H17ClN2O2S2. The van der Waals surface area contributed by atoms with E-state index in [4.69, 9.17) is 11.6 Å². The molecule has 21 heavy (non-hydrogen) atoms. The third-order valence-corrected chi connectivity index (χ3v) is 5.46. The van der Waals surface area contributed by atoms with Crippen LogP contribution in [0.4, 0.5) is 5.69 Å². The van der Waals surface area contributed by atoms with E-state index in [1.807, 2.05) is 0 Å². The summed E-state index contributed by atoms with van der Waals surface area (Å²) in [6.07, 6.45) is 1.05. The summed E-state index contributed by atoms with van der Waals surface area (Å²) >= 11 is 7.22. The number of benzene rings is 1. The van der Waals surface area contributed by atoms with Gasteiger partial charge < -0.3 is 5.32 Å². The summed E-state index contributed by atoms with van der Waals surface area (Å²) in [5, 5.41) is 5.47. The summed E-state index contributed by atoms with van der Waals surface area (Å²) in [6.45, 7) is 3.70. The average Bonchev–Trinajstić information content (AvgIpc) is 2.91. The topological polar surface area (TPSA) is 58.2 Å². The van der Waals surface area contributed by atoms with Crippen molar-refractivity contribution < 1.29 is 8.42 Å². The lowest BCUT2D eigenvalue weighted by Crippen LogP contribution is -2.13. The van der Waals surface area contributed by atoms with Crippen molar-refractivity contribution in [3.05, 3.63) is 45.6 Å². The number of halogens is 1. The van der Waals surface area contributed by atoms with Gasteiger partial charge in [0, 0.05) is 27.5 Å². The highest BCUT2D eigenvalue weighted by molar-refractivity contribution is 7.92. The highest BCUT2D eigenvalue weighted by Crippen LogP contribution is 2.22. The first-order chi connectivity index (χ1) is 10.0. The summed E-state index contributed by atoms with van der Waals surface area (Å²) in [5.41, 5.74) is 0.497. The predicted molar refractivity (Wildman–Crippen MR) is 88.6 cm³/mol. The molecule has 0 saturated carbocycles. The van der Waals surface area contributed by atoms with Gasteiger partial charge in [-0.25, -0.2) is 8.42 Å². The Balaban J connectivity index is 2.07. The van der Waals surface area contributed by atoms with Crippen molar-refractivity contribution in [3.63, 3.8) is 0 Å². The van der Waals surface area contributed by atoms with Gasteiger partial charge in [0.15, 0.2) is 0 Å². The van der Waals surface area contributed by atoms with Gasteiger partial charge in [-0.15, -0.1) is 11.3 Å².